The van der Waals surface area contributed by atoms with Crippen LogP contribution in [0.2, 0.25) is 5.02 Å². The molecule has 0 bridgehead atoms. The van der Waals surface area contributed by atoms with E-state index in [4.69, 9.17) is 17.3 Å². The third-order valence-corrected chi connectivity index (χ3v) is 3.62. The Morgan fingerprint density at radius 1 is 1.14 bits per heavy atom. The average Bonchev–Trinajstić information content (AvgIpc) is 2.48. The van der Waals surface area contributed by atoms with Crippen molar-refractivity contribution in [1.29, 1.82) is 0 Å². The quantitative estimate of drug-likeness (QED) is 0.892. The maximum atomic E-state index is 12.1. The topological polar surface area (TPSA) is 55.1 Å². The number of benzene rings is 2. The fraction of sp³-hybridized carbons (Fsp3) is 0.235. The fourth-order valence-electron chi connectivity index (χ4n) is 2.12. The number of hydrogen-bond donors (Lipinski definition) is 2. The molecule has 0 heterocycles. The maximum absolute atomic E-state index is 12.1. The van der Waals surface area contributed by atoms with Crippen molar-refractivity contribution in [3.05, 3.63) is 70.7 Å². The zero-order valence-electron chi connectivity index (χ0n) is 11.9. The van der Waals surface area contributed by atoms with E-state index in [2.05, 4.69) is 5.32 Å². The fourth-order valence-corrected chi connectivity index (χ4v) is 2.24. The molecule has 0 fully saturated rings. The van der Waals surface area contributed by atoms with E-state index < -0.39 is 6.04 Å². The number of rotatable bonds is 5. The molecule has 0 aliphatic heterocycles. The highest BCUT2D eigenvalue weighted by molar-refractivity contribution is 6.30. The monoisotopic (exact) mass is 302 g/mol. The molecule has 3 N–H and O–H groups in total. The Bertz CT molecular complexity index is 583. The van der Waals surface area contributed by atoms with Gasteiger partial charge in [0.25, 0.3) is 0 Å². The van der Waals surface area contributed by atoms with Crippen LogP contribution >= 0.6 is 11.6 Å². The lowest BCUT2D eigenvalue weighted by atomic mass is 10.0. The molecule has 110 valence electrons. The summed E-state index contributed by atoms with van der Waals surface area (Å²) in [5.74, 6) is -0.152. The van der Waals surface area contributed by atoms with Gasteiger partial charge in [-0.15, -0.1) is 0 Å². The predicted octanol–water partition coefficient (Wildman–Crippen LogP) is 3.09. The van der Waals surface area contributed by atoms with Crippen molar-refractivity contribution < 1.29 is 4.79 Å². The minimum atomic E-state index is -0.554. The average molecular weight is 303 g/mol. The van der Waals surface area contributed by atoms with Crippen molar-refractivity contribution in [3.63, 3.8) is 0 Å². The highest BCUT2D eigenvalue weighted by Gasteiger charge is 2.16. The van der Waals surface area contributed by atoms with Crippen molar-refractivity contribution >= 4 is 17.5 Å². The molecule has 0 unspecified atom stereocenters. The van der Waals surface area contributed by atoms with Crippen molar-refractivity contribution in [3.8, 4) is 0 Å². The highest BCUT2D eigenvalue weighted by Crippen LogP contribution is 2.16. The second kappa shape index (κ2) is 7.25. The lowest BCUT2D eigenvalue weighted by Crippen LogP contribution is -2.42. The van der Waals surface area contributed by atoms with Gasteiger partial charge in [0.1, 0.15) is 0 Å². The summed E-state index contributed by atoms with van der Waals surface area (Å²) in [7, 11) is 0. The third-order valence-electron chi connectivity index (χ3n) is 3.36. The van der Waals surface area contributed by atoms with Crippen LogP contribution in [0.25, 0.3) is 0 Å². The predicted molar refractivity (Wildman–Crippen MR) is 86.1 cm³/mol. The molecule has 0 spiro atoms. The molecule has 0 aromatic heterocycles. The Balaban J connectivity index is 1.92. The van der Waals surface area contributed by atoms with Gasteiger partial charge in [-0.2, -0.15) is 0 Å². The molecule has 0 saturated heterocycles. The van der Waals surface area contributed by atoms with E-state index in [1.54, 1.807) is 0 Å². The summed E-state index contributed by atoms with van der Waals surface area (Å²) in [6, 6.07) is 16.5. The molecule has 2 aromatic carbocycles. The van der Waals surface area contributed by atoms with Gasteiger partial charge in [-0.1, -0.05) is 54.1 Å². The van der Waals surface area contributed by atoms with Crippen LogP contribution in [0.1, 0.15) is 24.1 Å². The van der Waals surface area contributed by atoms with Crippen LogP contribution in [-0.4, -0.2) is 11.9 Å². The van der Waals surface area contributed by atoms with Crippen molar-refractivity contribution in [2.75, 3.05) is 0 Å². The minimum Gasteiger partial charge on any atom is -0.348 e. The molecule has 4 heteroatoms. The van der Waals surface area contributed by atoms with Gasteiger partial charge < -0.3 is 11.1 Å². The van der Waals surface area contributed by atoms with E-state index in [1.165, 1.54) is 0 Å². The maximum Gasteiger partial charge on any atom is 0.237 e. The third kappa shape index (κ3) is 4.59. The summed E-state index contributed by atoms with van der Waals surface area (Å²) in [5.41, 5.74) is 8.02. The molecule has 2 atom stereocenters. The van der Waals surface area contributed by atoms with Crippen LogP contribution in [0.15, 0.2) is 54.6 Å². The Morgan fingerprint density at radius 3 is 2.38 bits per heavy atom. The number of amides is 1. The largest absolute Gasteiger partial charge is 0.348 e. The molecular weight excluding hydrogens is 284 g/mol. The first-order valence-electron chi connectivity index (χ1n) is 6.91. The van der Waals surface area contributed by atoms with Gasteiger partial charge in [0.15, 0.2) is 0 Å². The second-order valence-electron chi connectivity index (χ2n) is 5.08. The van der Waals surface area contributed by atoms with Crippen LogP contribution in [0.5, 0.6) is 0 Å². The first-order chi connectivity index (χ1) is 10.1. The van der Waals surface area contributed by atoms with E-state index in [-0.39, 0.29) is 11.9 Å². The van der Waals surface area contributed by atoms with Gasteiger partial charge in [-0.25, -0.2) is 0 Å². The number of nitrogens with two attached hydrogens (primary N) is 1. The molecule has 0 aliphatic rings. The Hall–Kier alpha value is -1.84. The molecule has 0 saturated carbocycles. The van der Waals surface area contributed by atoms with Gasteiger partial charge in [0, 0.05) is 5.02 Å². The molecule has 3 nitrogen and oxygen atoms in total. The van der Waals surface area contributed by atoms with Gasteiger partial charge in [0.2, 0.25) is 5.91 Å². The molecule has 2 rings (SSSR count). The van der Waals surface area contributed by atoms with Crippen LogP contribution in [0.3, 0.4) is 0 Å². The van der Waals surface area contributed by atoms with E-state index in [1.807, 2.05) is 61.5 Å². The van der Waals surface area contributed by atoms with Crippen LogP contribution in [0.4, 0.5) is 0 Å². The van der Waals surface area contributed by atoms with Crippen molar-refractivity contribution in [2.24, 2.45) is 5.73 Å². The lowest BCUT2D eigenvalue weighted by Gasteiger charge is -2.18. The summed E-state index contributed by atoms with van der Waals surface area (Å²) in [5, 5.41) is 3.61. The number of hydrogen-bond acceptors (Lipinski definition) is 2. The Kier molecular flexibility index (Phi) is 5.37. The van der Waals surface area contributed by atoms with Crippen molar-refractivity contribution in [1.82, 2.24) is 5.32 Å². The van der Waals surface area contributed by atoms with Gasteiger partial charge in [-0.3, -0.25) is 4.79 Å². The second-order valence-corrected chi connectivity index (χ2v) is 5.51. The zero-order chi connectivity index (χ0) is 15.2. The number of carbonyl (C=O) groups excluding carboxylic acids is 1. The molecule has 2 aromatic rings. The molecule has 0 radical (unpaired) electrons. The van der Waals surface area contributed by atoms with Gasteiger partial charge >= 0.3 is 0 Å². The summed E-state index contributed by atoms with van der Waals surface area (Å²) in [6.45, 7) is 1.93. The van der Waals surface area contributed by atoms with Gasteiger partial charge in [0.05, 0.1) is 12.1 Å². The molecule has 0 aliphatic carbocycles. The Labute approximate surface area is 130 Å². The smallest absolute Gasteiger partial charge is 0.237 e. The summed E-state index contributed by atoms with van der Waals surface area (Å²) < 4.78 is 0. The number of halogens is 1. The summed E-state index contributed by atoms with van der Waals surface area (Å²) >= 11 is 5.86. The minimum absolute atomic E-state index is 0.100. The van der Waals surface area contributed by atoms with E-state index in [0.29, 0.717) is 11.4 Å². The van der Waals surface area contributed by atoms with Crippen LogP contribution < -0.4 is 11.1 Å². The van der Waals surface area contributed by atoms with E-state index >= 15 is 0 Å². The van der Waals surface area contributed by atoms with Crippen LogP contribution in [-0.2, 0) is 11.2 Å². The lowest BCUT2D eigenvalue weighted by molar-refractivity contribution is -0.123. The SMILES string of the molecule is C[C@H](NC(=O)[C@@H](N)Cc1ccccc1)c1ccc(Cl)cc1. The molecule has 21 heavy (non-hydrogen) atoms. The van der Waals surface area contributed by atoms with E-state index in [9.17, 15) is 4.79 Å². The van der Waals surface area contributed by atoms with Gasteiger partial charge in [-0.05, 0) is 36.6 Å². The summed E-state index contributed by atoms with van der Waals surface area (Å²) in [6.07, 6.45) is 0.528. The normalized spacial score (nSPS) is 13.5. The van der Waals surface area contributed by atoms with E-state index in [0.717, 1.165) is 11.1 Å². The number of nitrogens with one attached hydrogen (secondary N) is 1. The van der Waals surface area contributed by atoms with Crippen molar-refractivity contribution in [2.45, 2.75) is 25.4 Å². The first-order valence-corrected chi connectivity index (χ1v) is 7.29. The number of carbonyl (C=O) groups is 1. The standard InChI is InChI=1S/C17H19ClN2O/c1-12(14-7-9-15(18)10-8-14)20-17(21)16(19)11-13-5-3-2-4-6-13/h2-10,12,16H,11,19H2,1H3,(H,20,21)/t12-,16-/m0/s1. The summed E-state index contributed by atoms with van der Waals surface area (Å²) in [4.78, 5) is 12.1. The van der Waals surface area contributed by atoms with Crippen LogP contribution in [0, 0.1) is 0 Å². The zero-order valence-corrected chi connectivity index (χ0v) is 12.7. The molecule has 1 amide bonds. The first kappa shape index (κ1) is 15.5. The molecular formula is C17H19ClN2O. The Morgan fingerprint density at radius 2 is 1.76 bits per heavy atom. The highest BCUT2D eigenvalue weighted by atomic mass is 35.5.